The third-order valence-corrected chi connectivity index (χ3v) is 4.19. The van der Waals surface area contributed by atoms with Gasteiger partial charge in [0, 0.05) is 11.5 Å². The highest BCUT2D eigenvalue weighted by molar-refractivity contribution is 8.01. The van der Waals surface area contributed by atoms with Crippen LogP contribution in [0, 0.1) is 0 Å². The van der Waals surface area contributed by atoms with E-state index in [1.807, 2.05) is 6.07 Å². The second kappa shape index (κ2) is 5.58. The van der Waals surface area contributed by atoms with Crippen LogP contribution in [-0.4, -0.2) is 16.5 Å². The summed E-state index contributed by atoms with van der Waals surface area (Å²) in [4.78, 5) is 4.54. The van der Waals surface area contributed by atoms with Gasteiger partial charge < -0.3 is 0 Å². The molecule has 2 rings (SSSR count). The maximum absolute atomic E-state index is 4.54. The second-order valence-electron chi connectivity index (χ2n) is 2.91. The molecule has 0 atom stereocenters. The molecule has 0 radical (unpaired) electrons. The van der Waals surface area contributed by atoms with Crippen LogP contribution in [0.1, 0.15) is 0 Å². The lowest BCUT2D eigenvalue weighted by Crippen LogP contribution is -1.72. The Bertz CT molecular complexity index is 429. The quantitative estimate of drug-likeness (QED) is 0.504. The van der Waals surface area contributed by atoms with Gasteiger partial charge in [-0.15, -0.1) is 11.3 Å². The van der Waals surface area contributed by atoms with Crippen molar-refractivity contribution in [2.45, 2.75) is 4.34 Å². The molecule has 0 bridgehead atoms. The van der Waals surface area contributed by atoms with Gasteiger partial charge in [0.2, 0.25) is 0 Å². The molecule has 0 amide bonds. The van der Waals surface area contributed by atoms with Gasteiger partial charge in [0.15, 0.2) is 4.34 Å². The molecule has 0 spiro atoms. The topological polar surface area (TPSA) is 12.9 Å². The highest BCUT2D eigenvalue weighted by Gasteiger charge is 2.01. The summed E-state index contributed by atoms with van der Waals surface area (Å²) in [5, 5.41) is 0. The van der Waals surface area contributed by atoms with Gasteiger partial charge in [-0.25, -0.2) is 4.98 Å². The van der Waals surface area contributed by atoms with Gasteiger partial charge in [0.05, 0.1) is 10.2 Å². The first-order valence-corrected chi connectivity index (χ1v) is 7.08. The minimum Gasteiger partial charge on any atom is -0.230 e. The van der Waals surface area contributed by atoms with Gasteiger partial charge in [-0.1, -0.05) is 36.0 Å². The summed E-state index contributed by atoms with van der Waals surface area (Å²) in [5.74, 6) is 1.78. The lowest BCUT2D eigenvalue weighted by atomic mass is 10.3. The molecule has 78 valence electrons. The second-order valence-corrected chi connectivity index (χ2v) is 5.58. The molecule has 0 saturated heterocycles. The molecular formula is C11H11NS3. The zero-order valence-electron chi connectivity index (χ0n) is 8.09. The molecule has 2 aromatic rings. The number of thiazole rings is 1. The maximum Gasteiger partial charge on any atom is 0.151 e. The lowest BCUT2D eigenvalue weighted by molar-refractivity contribution is 1.30. The van der Waals surface area contributed by atoms with Gasteiger partial charge in [-0.05, 0) is 12.1 Å². The summed E-state index contributed by atoms with van der Waals surface area (Å²) < 4.78 is 2.40. The highest BCUT2D eigenvalue weighted by Crippen LogP contribution is 2.29. The van der Waals surface area contributed by atoms with Gasteiger partial charge in [0.1, 0.15) is 0 Å². The average molecular weight is 253 g/mol. The van der Waals surface area contributed by atoms with Crippen molar-refractivity contribution in [3.05, 3.63) is 36.4 Å². The van der Waals surface area contributed by atoms with E-state index in [0.29, 0.717) is 0 Å². The zero-order chi connectivity index (χ0) is 10.5. The molecule has 0 aliphatic carbocycles. The van der Waals surface area contributed by atoms with E-state index in [9.17, 15) is 0 Å². The van der Waals surface area contributed by atoms with Crippen molar-refractivity contribution in [2.24, 2.45) is 0 Å². The van der Waals surface area contributed by atoms with Crippen molar-refractivity contribution < 1.29 is 0 Å². The summed E-state index contributed by atoms with van der Waals surface area (Å²) >= 11 is 7.64. The number of rotatable bonds is 4. The highest BCUT2D eigenvalue weighted by atomic mass is 32.2. The molecule has 0 aliphatic rings. The van der Waals surface area contributed by atoms with Crippen LogP contribution in [0.25, 0.3) is 10.2 Å². The Morgan fingerprint density at radius 2 is 2.20 bits per heavy atom. The van der Waals surface area contributed by atoms with Gasteiger partial charge in [-0.2, -0.15) is 12.6 Å². The fraction of sp³-hybridized carbons (Fsp3) is 0.182. The van der Waals surface area contributed by atoms with E-state index >= 15 is 0 Å². The van der Waals surface area contributed by atoms with Crippen LogP contribution in [0.5, 0.6) is 0 Å². The van der Waals surface area contributed by atoms with Crippen molar-refractivity contribution in [1.82, 2.24) is 4.98 Å². The molecule has 1 nitrogen and oxygen atoms in total. The molecule has 0 fully saturated rings. The molecule has 0 saturated carbocycles. The molecular weight excluding hydrogens is 242 g/mol. The predicted molar refractivity (Wildman–Crippen MR) is 73.3 cm³/mol. The van der Waals surface area contributed by atoms with E-state index in [1.165, 1.54) is 4.70 Å². The number of fused-ring (bicyclic) bond motifs is 1. The lowest BCUT2D eigenvalue weighted by Gasteiger charge is -1.88. The SMILES string of the molecule is SCC=CCSc1nc2ccccc2s1. The molecule has 15 heavy (non-hydrogen) atoms. The molecule has 0 N–H and O–H groups in total. The van der Waals surface area contributed by atoms with E-state index in [-0.39, 0.29) is 0 Å². The number of hydrogen-bond acceptors (Lipinski definition) is 4. The Labute approximate surface area is 103 Å². The largest absolute Gasteiger partial charge is 0.230 e. The molecule has 0 unspecified atom stereocenters. The Morgan fingerprint density at radius 1 is 1.33 bits per heavy atom. The van der Waals surface area contributed by atoms with Crippen molar-refractivity contribution in [3.63, 3.8) is 0 Å². The fourth-order valence-corrected chi connectivity index (χ4v) is 3.27. The van der Waals surface area contributed by atoms with Crippen molar-refractivity contribution in [1.29, 1.82) is 0 Å². The Kier molecular flexibility index (Phi) is 4.11. The number of para-hydroxylation sites is 1. The van der Waals surface area contributed by atoms with Crippen LogP contribution < -0.4 is 0 Å². The van der Waals surface area contributed by atoms with E-state index in [1.54, 1.807) is 23.1 Å². The smallest absolute Gasteiger partial charge is 0.151 e. The van der Waals surface area contributed by atoms with Gasteiger partial charge in [-0.3, -0.25) is 0 Å². The third kappa shape index (κ3) is 3.00. The number of hydrogen-bond donors (Lipinski definition) is 1. The minimum atomic E-state index is 0.806. The summed E-state index contributed by atoms with van der Waals surface area (Å²) in [7, 11) is 0. The Balaban J connectivity index is 2.05. The number of benzene rings is 1. The predicted octanol–water partition coefficient (Wildman–Crippen LogP) is 3.87. The van der Waals surface area contributed by atoms with E-state index in [4.69, 9.17) is 0 Å². The van der Waals surface area contributed by atoms with E-state index in [0.717, 1.165) is 21.4 Å². The van der Waals surface area contributed by atoms with E-state index in [2.05, 4.69) is 48.0 Å². The van der Waals surface area contributed by atoms with Crippen LogP contribution in [0.2, 0.25) is 0 Å². The first-order valence-electron chi connectivity index (χ1n) is 4.64. The Morgan fingerprint density at radius 3 is 3.00 bits per heavy atom. The summed E-state index contributed by atoms with van der Waals surface area (Å²) in [6.07, 6.45) is 4.19. The van der Waals surface area contributed by atoms with Crippen LogP contribution in [0.15, 0.2) is 40.8 Å². The van der Waals surface area contributed by atoms with Crippen LogP contribution in [0.4, 0.5) is 0 Å². The maximum atomic E-state index is 4.54. The summed E-state index contributed by atoms with van der Waals surface area (Å²) in [6.45, 7) is 0. The number of thiol groups is 1. The fourth-order valence-electron chi connectivity index (χ4n) is 1.17. The Hall–Kier alpha value is -0.450. The molecule has 1 aromatic heterocycles. The van der Waals surface area contributed by atoms with Crippen molar-refractivity contribution in [2.75, 3.05) is 11.5 Å². The van der Waals surface area contributed by atoms with Gasteiger partial charge >= 0.3 is 0 Å². The standard InChI is InChI=1S/C11H11NS3/c13-7-3-4-8-14-11-12-9-5-1-2-6-10(9)15-11/h1-6,13H,7-8H2. The minimum absolute atomic E-state index is 0.806. The van der Waals surface area contributed by atoms with Crippen LogP contribution in [-0.2, 0) is 0 Å². The molecule has 1 aromatic carbocycles. The number of thioether (sulfide) groups is 1. The summed E-state index contributed by atoms with van der Waals surface area (Å²) in [6, 6.07) is 8.24. The number of aromatic nitrogens is 1. The molecule has 4 heteroatoms. The summed E-state index contributed by atoms with van der Waals surface area (Å²) in [5.41, 5.74) is 1.10. The first kappa shape index (κ1) is 11.0. The zero-order valence-corrected chi connectivity index (χ0v) is 10.6. The third-order valence-electron chi connectivity index (χ3n) is 1.85. The average Bonchev–Trinajstić information content (AvgIpc) is 2.67. The number of nitrogens with zero attached hydrogens (tertiary/aromatic N) is 1. The van der Waals surface area contributed by atoms with Crippen molar-refractivity contribution >= 4 is 45.9 Å². The van der Waals surface area contributed by atoms with Crippen LogP contribution >= 0.6 is 35.7 Å². The van der Waals surface area contributed by atoms with Crippen LogP contribution in [0.3, 0.4) is 0 Å². The monoisotopic (exact) mass is 253 g/mol. The van der Waals surface area contributed by atoms with Gasteiger partial charge in [0.25, 0.3) is 0 Å². The molecule has 0 aliphatic heterocycles. The normalized spacial score (nSPS) is 11.5. The first-order chi connectivity index (χ1) is 7.40. The molecule has 1 heterocycles. The van der Waals surface area contributed by atoms with E-state index < -0.39 is 0 Å². The van der Waals surface area contributed by atoms with Crippen molar-refractivity contribution in [3.8, 4) is 0 Å².